The smallest absolute Gasteiger partial charge is 0.230 e. The minimum absolute atomic E-state index is 0.381. The average Bonchev–Trinajstić information content (AvgIpc) is 2.97. The molecule has 1 aromatic rings. The molecule has 3 rings (SSSR count). The van der Waals surface area contributed by atoms with Crippen LogP contribution in [0, 0.1) is 5.92 Å². The summed E-state index contributed by atoms with van der Waals surface area (Å²) in [6.45, 7) is 2.99. The van der Waals surface area contributed by atoms with Crippen LogP contribution in [-0.4, -0.2) is 33.4 Å². The van der Waals surface area contributed by atoms with Crippen LogP contribution in [0.4, 0.5) is 0 Å². The summed E-state index contributed by atoms with van der Waals surface area (Å²) >= 11 is 3.97. The van der Waals surface area contributed by atoms with E-state index in [0.29, 0.717) is 22.3 Å². The van der Waals surface area contributed by atoms with Gasteiger partial charge in [0.05, 0.1) is 5.25 Å². The molecule has 112 valence electrons. The molecule has 1 aliphatic carbocycles. The predicted octanol–water partition coefficient (Wildman–Crippen LogP) is 3.21. The fraction of sp³-hybridized carbons (Fsp3) is 0.857. The Morgan fingerprint density at radius 1 is 1.25 bits per heavy atom. The highest BCUT2D eigenvalue weighted by atomic mass is 32.2. The third-order valence-corrected chi connectivity index (χ3v) is 7.52. The Bertz CT molecular complexity index is 440. The van der Waals surface area contributed by atoms with E-state index in [9.17, 15) is 0 Å². The standard InChI is InChI=1S/C14H23N3OS2/c1-9-12(20-7-6-19-9)13-16-14(18-17-13)11-5-3-2-4-10(11)8-15/h9-12H,2-8,15H2,1H3. The first-order chi connectivity index (χ1) is 9.79. The summed E-state index contributed by atoms with van der Waals surface area (Å²) in [5, 5.41) is 5.22. The number of aromatic nitrogens is 2. The van der Waals surface area contributed by atoms with Crippen LogP contribution in [0.2, 0.25) is 0 Å². The molecule has 4 atom stereocenters. The van der Waals surface area contributed by atoms with Crippen molar-refractivity contribution in [2.75, 3.05) is 18.1 Å². The lowest BCUT2D eigenvalue weighted by Crippen LogP contribution is -2.25. The van der Waals surface area contributed by atoms with Crippen LogP contribution in [-0.2, 0) is 0 Å². The van der Waals surface area contributed by atoms with Crippen LogP contribution in [0.3, 0.4) is 0 Å². The minimum Gasteiger partial charge on any atom is -0.339 e. The molecule has 4 nitrogen and oxygen atoms in total. The van der Waals surface area contributed by atoms with Gasteiger partial charge in [0, 0.05) is 22.7 Å². The van der Waals surface area contributed by atoms with Crippen molar-refractivity contribution in [1.82, 2.24) is 10.1 Å². The number of hydrogen-bond acceptors (Lipinski definition) is 6. The van der Waals surface area contributed by atoms with Gasteiger partial charge in [-0.3, -0.25) is 0 Å². The van der Waals surface area contributed by atoms with Crippen molar-refractivity contribution in [2.24, 2.45) is 11.7 Å². The van der Waals surface area contributed by atoms with Gasteiger partial charge in [0.2, 0.25) is 5.89 Å². The van der Waals surface area contributed by atoms with E-state index >= 15 is 0 Å². The van der Waals surface area contributed by atoms with Crippen LogP contribution in [0.15, 0.2) is 4.52 Å². The quantitative estimate of drug-likeness (QED) is 0.924. The molecule has 0 radical (unpaired) electrons. The maximum Gasteiger partial charge on any atom is 0.230 e. The molecule has 1 saturated heterocycles. The number of hydrogen-bond donors (Lipinski definition) is 1. The van der Waals surface area contributed by atoms with Crippen LogP contribution >= 0.6 is 23.5 Å². The second kappa shape index (κ2) is 6.71. The number of nitrogens with zero attached hydrogens (tertiary/aromatic N) is 2. The van der Waals surface area contributed by atoms with E-state index in [1.165, 1.54) is 30.8 Å². The van der Waals surface area contributed by atoms with Gasteiger partial charge in [-0.1, -0.05) is 24.9 Å². The van der Waals surface area contributed by atoms with Crippen molar-refractivity contribution in [2.45, 2.75) is 49.0 Å². The molecule has 2 N–H and O–H groups in total. The first-order valence-electron chi connectivity index (χ1n) is 7.56. The predicted molar refractivity (Wildman–Crippen MR) is 85.2 cm³/mol. The molecule has 1 aromatic heterocycles. The molecule has 1 aliphatic heterocycles. The lowest BCUT2D eigenvalue weighted by molar-refractivity contribution is 0.249. The highest BCUT2D eigenvalue weighted by Gasteiger charge is 2.33. The summed E-state index contributed by atoms with van der Waals surface area (Å²) < 4.78 is 5.60. The summed E-state index contributed by atoms with van der Waals surface area (Å²) in [7, 11) is 0. The molecule has 2 fully saturated rings. The van der Waals surface area contributed by atoms with Crippen molar-refractivity contribution in [3.05, 3.63) is 11.7 Å². The summed E-state index contributed by atoms with van der Waals surface area (Å²) in [4.78, 5) is 4.74. The second-order valence-electron chi connectivity index (χ2n) is 5.74. The lowest BCUT2D eigenvalue weighted by Gasteiger charge is -2.27. The van der Waals surface area contributed by atoms with Crippen LogP contribution < -0.4 is 5.73 Å². The molecule has 0 aromatic carbocycles. The van der Waals surface area contributed by atoms with Crippen molar-refractivity contribution in [1.29, 1.82) is 0 Å². The van der Waals surface area contributed by atoms with E-state index in [0.717, 1.165) is 24.7 Å². The lowest BCUT2D eigenvalue weighted by atomic mass is 9.79. The van der Waals surface area contributed by atoms with E-state index in [1.807, 2.05) is 23.5 Å². The van der Waals surface area contributed by atoms with Crippen molar-refractivity contribution in [3.8, 4) is 0 Å². The highest BCUT2D eigenvalue weighted by Crippen LogP contribution is 2.42. The Kier molecular flexibility index (Phi) is 4.94. The highest BCUT2D eigenvalue weighted by molar-refractivity contribution is 8.06. The Labute approximate surface area is 129 Å². The van der Waals surface area contributed by atoms with E-state index in [2.05, 4.69) is 12.1 Å². The molecule has 1 saturated carbocycles. The van der Waals surface area contributed by atoms with Gasteiger partial charge in [-0.25, -0.2) is 0 Å². The van der Waals surface area contributed by atoms with Crippen LogP contribution in [0.1, 0.15) is 55.5 Å². The molecular weight excluding hydrogens is 290 g/mol. The third-order valence-electron chi connectivity index (χ3n) is 4.43. The Hall–Kier alpha value is -0.200. The van der Waals surface area contributed by atoms with Gasteiger partial charge in [-0.15, -0.1) is 11.8 Å². The van der Waals surface area contributed by atoms with Gasteiger partial charge in [0.15, 0.2) is 5.82 Å². The number of thioether (sulfide) groups is 2. The van der Waals surface area contributed by atoms with Crippen LogP contribution in [0.5, 0.6) is 0 Å². The van der Waals surface area contributed by atoms with E-state index in [1.54, 1.807) is 0 Å². The SMILES string of the molecule is CC1SCCSC1c1noc(C2CCCCC2CN)n1. The van der Waals surface area contributed by atoms with Gasteiger partial charge in [-0.05, 0) is 25.3 Å². The third kappa shape index (κ3) is 3.02. The number of nitrogens with two attached hydrogens (primary N) is 1. The van der Waals surface area contributed by atoms with Crippen LogP contribution in [0.25, 0.3) is 0 Å². The minimum atomic E-state index is 0.381. The van der Waals surface area contributed by atoms with E-state index in [-0.39, 0.29) is 0 Å². The molecule has 2 heterocycles. The molecular formula is C14H23N3OS2. The second-order valence-corrected chi connectivity index (χ2v) is 8.48. The molecule has 0 bridgehead atoms. The summed E-state index contributed by atoms with van der Waals surface area (Å²) in [6.07, 6.45) is 4.88. The van der Waals surface area contributed by atoms with Crippen molar-refractivity contribution >= 4 is 23.5 Å². The number of rotatable bonds is 3. The molecule has 0 spiro atoms. The fourth-order valence-corrected chi connectivity index (χ4v) is 5.92. The summed E-state index contributed by atoms with van der Waals surface area (Å²) in [6, 6.07) is 0. The van der Waals surface area contributed by atoms with Crippen molar-refractivity contribution in [3.63, 3.8) is 0 Å². The van der Waals surface area contributed by atoms with Gasteiger partial charge in [-0.2, -0.15) is 16.7 Å². The van der Waals surface area contributed by atoms with E-state index in [4.69, 9.17) is 15.2 Å². The fourth-order valence-electron chi connectivity index (χ4n) is 3.24. The first kappa shape index (κ1) is 14.7. The Balaban J connectivity index is 1.75. The first-order valence-corrected chi connectivity index (χ1v) is 9.66. The zero-order valence-corrected chi connectivity index (χ0v) is 13.6. The maximum atomic E-state index is 5.91. The summed E-state index contributed by atoms with van der Waals surface area (Å²) in [5.41, 5.74) is 5.91. The monoisotopic (exact) mass is 313 g/mol. The van der Waals surface area contributed by atoms with Crippen molar-refractivity contribution < 1.29 is 4.52 Å². The zero-order chi connectivity index (χ0) is 13.9. The molecule has 6 heteroatoms. The molecule has 4 unspecified atom stereocenters. The normalized spacial score (nSPS) is 35.1. The summed E-state index contributed by atoms with van der Waals surface area (Å²) in [5.74, 6) is 5.03. The molecule has 20 heavy (non-hydrogen) atoms. The average molecular weight is 313 g/mol. The topological polar surface area (TPSA) is 64.9 Å². The van der Waals surface area contributed by atoms with E-state index < -0.39 is 0 Å². The molecule has 2 aliphatic rings. The van der Waals surface area contributed by atoms with Gasteiger partial charge in [0.1, 0.15) is 0 Å². The van der Waals surface area contributed by atoms with Gasteiger partial charge in [0.25, 0.3) is 0 Å². The van der Waals surface area contributed by atoms with Gasteiger partial charge >= 0.3 is 0 Å². The zero-order valence-electron chi connectivity index (χ0n) is 12.0. The molecule has 0 amide bonds. The Morgan fingerprint density at radius 3 is 2.85 bits per heavy atom. The maximum absolute atomic E-state index is 5.91. The largest absolute Gasteiger partial charge is 0.339 e. The van der Waals surface area contributed by atoms with Gasteiger partial charge < -0.3 is 10.3 Å². The Morgan fingerprint density at radius 2 is 2.05 bits per heavy atom.